The van der Waals surface area contributed by atoms with E-state index in [0.717, 1.165) is 9.35 Å². The van der Waals surface area contributed by atoms with Crippen LogP contribution in [0, 0.1) is 5.41 Å². The lowest BCUT2D eigenvalue weighted by molar-refractivity contribution is 0.402. The van der Waals surface area contributed by atoms with E-state index in [1.165, 1.54) is 18.4 Å². The minimum atomic E-state index is 0.141. The first-order valence-corrected chi connectivity index (χ1v) is 4.71. The Morgan fingerprint density at radius 2 is 2.45 bits per heavy atom. The average molecular weight is 255 g/mol. The summed E-state index contributed by atoms with van der Waals surface area (Å²) in [6, 6.07) is 1.76. The zero-order valence-electron chi connectivity index (χ0n) is 5.65. The maximum Gasteiger partial charge on any atom is 0.223 e. The van der Waals surface area contributed by atoms with Crippen LogP contribution in [0.25, 0.3) is 0 Å². The van der Waals surface area contributed by atoms with Gasteiger partial charge in [0.15, 0.2) is 0 Å². The summed E-state index contributed by atoms with van der Waals surface area (Å²) in [4.78, 5) is 0.726. The number of hydrogen-bond acceptors (Lipinski definition) is 3. The summed E-state index contributed by atoms with van der Waals surface area (Å²) in [5, 5.41) is 7.30. The smallest absolute Gasteiger partial charge is 0.223 e. The summed E-state index contributed by atoms with van der Waals surface area (Å²) in [5.74, 6) is 0.141. The molecule has 1 N–H and O–H groups in total. The average Bonchev–Trinajstić information content (AvgIpc) is 2.31. The second-order valence-electron chi connectivity index (χ2n) is 1.77. The molecular formula is C6H5BrClNOS. The van der Waals surface area contributed by atoms with Crippen LogP contribution in [-0.4, -0.2) is 13.0 Å². The van der Waals surface area contributed by atoms with Gasteiger partial charge in [-0.25, -0.2) is 0 Å². The third-order valence-electron chi connectivity index (χ3n) is 1.07. The normalized spacial score (nSPS) is 9.73. The first-order chi connectivity index (χ1) is 5.15. The molecule has 60 valence electrons. The van der Waals surface area contributed by atoms with E-state index in [-0.39, 0.29) is 5.90 Å². The van der Waals surface area contributed by atoms with E-state index in [2.05, 4.69) is 15.9 Å². The van der Waals surface area contributed by atoms with E-state index < -0.39 is 0 Å². The number of ether oxygens (including phenoxy) is 1. The molecule has 0 aliphatic carbocycles. The standard InChI is InChI=1S/C6H5BrClNOS/c1-10-6(9)4-2-3(7)5(8)11-4/h2,9H,1H3. The minimum absolute atomic E-state index is 0.141. The number of nitrogens with one attached hydrogen (secondary N) is 1. The Labute approximate surface area is 81.8 Å². The van der Waals surface area contributed by atoms with Crippen LogP contribution < -0.4 is 0 Å². The Balaban J connectivity index is 2.97. The Morgan fingerprint density at radius 1 is 1.82 bits per heavy atom. The Kier molecular flexibility index (Phi) is 2.92. The highest BCUT2D eigenvalue weighted by Gasteiger charge is 2.08. The molecule has 0 spiro atoms. The van der Waals surface area contributed by atoms with Crippen molar-refractivity contribution in [3.8, 4) is 0 Å². The third kappa shape index (κ3) is 1.95. The van der Waals surface area contributed by atoms with Gasteiger partial charge in [-0.1, -0.05) is 11.6 Å². The first kappa shape index (κ1) is 9.03. The fourth-order valence-electron chi connectivity index (χ4n) is 0.559. The highest BCUT2D eigenvalue weighted by molar-refractivity contribution is 9.10. The molecule has 0 saturated heterocycles. The van der Waals surface area contributed by atoms with Crippen LogP contribution in [0.1, 0.15) is 4.88 Å². The molecule has 2 nitrogen and oxygen atoms in total. The number of rotatable bonds is 1. The first-order valence-electron chi connectivity index (χ1n) is 2.73. The molecule has 1 aromatic heterocycles. The molecule has 0 unspecified atom stereocenters. The van der Waals surface area contributed by atoms with Crippen molar-refractivity contribution >= 4 is 44.8 Å². The van der Waals surface area contributed by atoms with Crippen molar-refractivity contribution in [3.63, 3.8) is 0 Å². The molecule has 0 saturated carbocycles. The zero-order chi connectivity index (χ0) is 8.43. The van der Waals surface area contributed by atoms with Crippen LogP contribution in [0.5, 0.6) is 0 Å². The quantitative estimate of drug-likeness (QED) is 0.606. The molecular weight excluding hydrogens is 249 g/mol. The molecule has 0 aromatic carbocycles. The van der Waals surface area contributed by atoms with Crippen LogP contribution in [0.3, 0.4) is 0 Å². The Morgan fingerprint density at radius 3 is 2.82 bits per heavy atom. The van der Waals surface area contributed by atoms with Crippen LogP contribution in [0.4, 0.5) is 0 Å². The predicted octanol–water partition coefficient (Wildman–Crippen LogP) is 3.14. The van der Waals surface area contributed by atoms with Gasteiger partial charge in [0.05, 0.1) is 12.0 Å². The number of methoxy groups -OCH3 is 1. The van der Waals surface area contributed by atoms with Gasteiger partial charge >= 0.3 is 0 Å². The van der Waals surface area contributed by atoms with E-state index in [4.69, 9.17) is 21.7 Å². The van der Waals surface area contributed by atoms with Gasteiger partial charge in [0, 0.05) is 4.47 Å². The van der Waals surface area contributed by atoms with Crippen LogP contribution in [-0.2, 0) is 4.74 Å². The minimum Gasteiger partial charge on any atom is -0.480 e. The highest BCUT2D eigenvalue weighted by Crippen LogP contribution is 2.32. The van der Waals surface area contributed by atoms with Crippen LogP contribution >= 0.6 is 38.9 Å². The van der Waals surface area contributed by atoms with Gasteiger partial charge in [-0.15, -0.1) is 11.3 Å². The van der Waals surface area contributed by atoms with Crippen molar-refractivity contribution in [2.24, 2.45) is 0 Å². The monoisotopic (exact) mass is 253 g/mol. The van der Waals surface area contributed by atoms with E-state index >= 15 is 0 Å². The van der Waals surface area contributed by atoms with E-state index in [0.29, 0.717) is 4.34 Å². The molecule has 0 bridgehead atoms. The molecule has 11 heavy (non-hydrogen) atoms. The topological polar surface area (TPSA) is 33.1 Å². The number of halogens is 2. The maximum absolute atomic E-state index is 7.30. The SMILES string of the molecule is COC(=N)c1cc(Br)c(Cl)s1. The van der Waals surface area contributed by atoms with Gasteiger partial charge in [0.1, 0.15) is 4.34 Å². The van der Waals surface area contributed by atoms with Crippen molar-refractivity contribution < 1.29 is 4.74 Å². The van der Waals surface area contributed by atoms with E-state index in [9.17, 15) is 0 Å². The summed E-state index contributed by atoms with van der Waals surface area (Å²) in [6.07, 6.45) is 0. The van der Waals surface area contributed by atoms with Gasteiger partial charge in [-0.3, -0.25) is 5.41 Å². The van der Waals surface area contributed by atoms with Crippen molar-refractivity contribution in [1.82, 2.24) is 0 Å². The molecule has 1 rings (SSSR count). The van der Waals surface area contributed by atoms with E-state index in [1.54, 1.807) is 6.07 Å². The molecule has 0 atom stereocenters. The fourth-order valence-corrected chi connectivity index (χ4v) is 2.19. The lowest BCUT2D eigenvalue weighted by Gasteiger charge is -1.94. The lowest BCUT2D eigenvalue weighted by Crippen LogP contribution is -1.96. The molecule has 1 heterocycles. The van der Waals surface area contributed by atoms with Gasteiger partial charge < -0.3 is 4.74 Å². The van der Waals surface area contributed by atoms with Crippen molar-refractivity contribution in [3.05, 3.63) is 19.8 Å². The largest absolute Gasteiger partial charge is 0.480 e. The van der Waals surface area contributed by atoms with Crippen LogP contribution in [0.15, 0.2) is 10.5 Å². The van der Waals surface area contributed by atoms with Crippen molar-refractivity contribution in [2.75, 3.05) is 7.11 Å². The third-order valence-corrected chi connectivity index (χ3v) is 3.55. The molecule has 0 aliphatic rings. The molecule has 0 fully saturated rings. The molecule has 0 aliphatic heterocycles. The van der Waals surface area contributed by atoms with Gasteiger partial charge in [0.2, 0.25) is 5.90 Å². The Bertz CT molecular complexity index is 267. The predicted molar refractivity (Wildman–Crippen MR) is 50.9 cm³/mol. The second kappa shape index (κ2) is 3.56. The lowest BCUT2D eigenvalue weighted by atomic mass is 10.5. The maximum atomic E-state index is 7.30. The second-order valence-corrected chi connectivity index (χ2v) is 4.27. The summed E-state index contributed by atoms with van der Waals surface area (Å²) in [6.45, 7) is 0. The molecule has 0 radical (unpaired) electrons. The van der Waals surface area contributed by atoms with Crippen molar-refractivity contribution in [2.45, 2.75) is 0 Å². The summed E-state index contributed by atoms with van der Waals surface area (Å²) >= 11 is 10.3. The molecule has 0 amide bonds. The van der Waals surface area contributed by atoms with Gasteiger partial charge in [0.25, 0.3) is 0 Å². The molecule has 5 heteroatoms. The fraction of sp³-hybridized carbons (Fsp3) is 0.167. The summed E-state index contributed by atoms with van der Waals surface area (Å²) in [5.41, 5.74) is 0. The van der Waals surface area contributed by atoms with Gasteiger partial charge in [-0.05, 0) is 22.0 Å². The van der Waals surface area contributed by atoms with Crippen molar-refractivity contribution in [1.29, 1.82) is 5.41 Å². The summed E-state index contributed by atoms with van der Waals surface area (Å²) < 4.78 is 6.17. The van der Waals surface area contributed by atoms with E-state index in [1.807, 2.05) is 0 Å². The van der Waals surface area contributed by atoms with Crippen LogP contribution in [0.2, 0.25) is 4.34 Å². The Hall–Kier alpha value is -0.0600. The number of hydrogen-bond donors (Lipinski definition) is 1. The van der Waals surface area contributed by atoms with Gasteiger partial charge in [-0.2, -0.15) is 0 Å². The number of thiophene rings is 1. The highest BCUT2D eigenvalue weighted by atomic mass is 79.9. The zero-order valence-corrected chi connectivity index (χ0v) is 8.81. The molecule has 1 aromatic rings. The summed E-state index contributed by atoms with van der Waals surface area (Å²) in [7, 11) is 1.46.